The van der Waals surface area contributed by atoms with E-state index in [1.165, 1.54) is 24.8 Å². The van der Waals surface area contributed by atoms with Crippen molar-refractivity contribution in [1.29, 1.82) is 0 Å². The second kappa shape index (κ2) is 5.64. The van der Waals surface area contributed by atoms with Crippen LogP contribution in [0.1, 0.15) is 37.3 Å². The molecule has 0 amide bonds. The van der Waals surface area contributed by atoms with Crippen LogP contribution in [0.2, 0.25) is 0 Å². The Morgan fingerprint density at radius 3 is 3.13 bits per heavy atom. The van der Waals surface area contributed by atoms with Gasteiger partial charge in [0.15, 0.2) is 0 Å². The van der Waals surface area contributed by atoms with Crippen LogP contribution in [0.15, 0.2) is 16.8 Å². The predicted molar refractivity (Wildman–Crippen MR) is 64.3 cm³/mol. The van der Waals surface area contributed by atoms with Crippen LogP contribution < -0.4 is 5.32 Å². The molecule has 0 spiro atoms. The summed E-state index contributed by atoms with van der Waals surface area (Å²) in [5.74, 6) is 0. The van der Waals surface area contributed by atoms with Crippen molar-refractivity contribution in [2.45, 2.75) is 37.8 Å². The zero-order chi connectivity index (χ0) is 10.5. The summed E-state index contributed by atoms with van der Waals surface area (Å²) >= 11 is 1.76. The Morgan fingerprint density at radius 2 is 2.53 bits per heavy atom. The van der Waals surface area contributed by atoms with Crippen LogP contribution >= 0.6 is 11.3 Å². The van der Waals surface area contributed by atoms with Crippen molar-refractivity contribution < 1.29 is 4.74 Å². The fourth-order valence-electron chi connectivity index (χ4n) is 2.15. The summed E-state index contributed by atoms with van der Waals surface area (Å²) in [5.41, 5.74) is 1.40. The van der Waals surface area contributed by atoms with Gasteiger partial charge in [-0.05, 0) is 55.1 Å². The third-order valence-corrected chi connectivity index (χ3v) is 3.77. The van der Waals surface area contributed by atoms with Crippen molar-refractivity contribution in [3.8, 4) is 0 Å². The number of hydrogen-bond donors (Lipinski definition) is 1. The molecule has 1 fully saturated rings. The van der Waals surface area contributed by atoms with Gasteiger partial charge in [-0.25, -0.2) is 0 Å². The van der Waals surface area contributed by atoms with E-state index in [-0.39, 0.29) is 0 Å². The summed E-state index contributed by atoms with van der Waals surface area (Å²) in [5, 5.41) is 7.74. The lowest BCUT2D eigenvalue weighted by molar-refractivity contribution is 0.00550. The monoisotopic (exact) mass is 225 g/mol. The van der Waals surface area contributed by atoms with Gasteiger partial charge in [0.25, 0.3) is 0 Å². The van der Waals surface area contributed by atoms with Crippen LogP contribution in [0.5, 0.6) is 0 Å². The molecule has 0 aromatic carbocycles. The maximum Gasteiger partial charge on any atom is 0.0593 e. The van der Waals surface area contributed by atoms with Gasteiger partial charge < -0.3 is 10.1 Å². The minimum absolute atomic E-state index is 0.455. The van der Waals surface area contributed by atoms with Gasteiger partial charge in [-0.1, -0.05) is 0 Å². The van der Waals surface area contributed by atoms with Gasteiger partial charge in [-0.3, -0.25) is 0 Å². The standard InChI is InChI=1S/C12H19NOS/c1-13-12(10-5-7-15-9-10)8-11-4-2-3-6-14-11/h5,7,9,11-13H,2-4,6,8H2,1H3. The molecule has 3 heteroatoms. The summed E-state index contributed by atoms with van der Waals surface area (Å²) in [6, 6.07) is 2.66. The molecule has 0 bridgehead atoms. The van der Waals surface area contributed by atoms with Gasteiger partial charge in [0.05, 0.1) is 6.10 Å². The molecule has 2 unspecified atom stereocenters. The van der Waals surface area contributed by atoms with Crippen molar-refractivity contribution in [3.63, 3.8) is 0 Å². The molecule has 1 saturated heterocycles. The van der Waals surface area contributed by atoms with Crippen LogP contribution in [0, 0.1) is 0 Å². The molecule has 1 aromatic rings. The second-order valence-corrected chi connectivity index (χ2v) is 4.90. The van der Waals surface area contributed by atoms with Crippen LogP contribution in [0.25, 0.3) is 0 Å². The van der Waals surface area contributed by atoms with Crippen LogP contribution in [-0.2, 0) is 4.74 Å². The van der Waals surface area contributed by atoms with E-state index in [9.17, 15) is 0 Å². The first-order valence-corrected chi connectivity index (χ1v) is 6.65. The third kappa shape index (κ3) is 3.03. The van der Waals surface area contributed by atoms with Crippen molar-refractivity contribution in [2.75, 3.05) is 13.7 Å². The van der Waals surface area contributed by atoms with Crippen molar-refractivity contribution in [3.05, 3.63) is 22.4 Å². The third-order valence-electron chi connectivity index (χ3n) is 3.07. The Labute approximate surface area is 95.6 Å². The molecular formula is C12H19NOS. The predicted octanol–water partition coefficient (Wildman–Crippen LogP) is 2.97. The molecule has 84 valence electrons. The number of nitrogens with one attached hydrogen (secondary N) is 1. The maximum absolute atomic E-state index is 5.77. The van der Waals surface area contributed by atoms with E-state index in [2.05, 4.69) is 22.1 Å². The van der Waals surface area contributed by atoms with Crippen molar-refractivity contribution >= 4 is 11.3 Å². The minimum Gasteiger partial charge on any atom is -0.378 e. The molecule has 1 N–H and O–H groups in total. The Balaban J connectivity index is 1.90. The molecule has 2 heterocycles. The largest absolute Gasteiger partial charge is 0.378 e. The Morgan fingerprint density at radius 1 is 1.60 bits per heavy atom. The molecule has 0 aliphatic carbocycles. The summed E-state index contributed by atoms with van der Waals surface area (Å²) in [7, 11) is 2.03. The van der Waals surface area contributed by atoms with Crippen LogP contribution in [0.3, 0.4) is 0 Å². The first-order chi connectivity index (χ1) is 7.40. The van der Waals surface area contributed by atoms with Crippen molar-refractivity contribution in [1.82, 2.24) is 5.32 Å². The normalized spacial score (nSPS) is 23.9. The second-order valence-electron chi connectivity index (χ2n) is 4.12. The van der Waals surface area contributed by atoms with Gasteiger partial charge >= 0.3 is 0 Å². The van der Waals surface area contributed by atoms with E-state index in [1.807, 2.05) is 7.05 Å². The summed E-state index contributed by atoms with van der Waals surface area (Å²) in [4.78, 5) is 0. The van der Waals surface area contributed by atoms with Crippen LogP contribution in [0.4, 0.5) is 0 Å². The Bertz CT molecular complexity index is 267. The minimum atomic E-state index is 0.455. The molecule has 1 aliphatic rings. The first kappa shape index (κ1) is 11.1. The highest BCUT2D eigenvalue weighted by molar-refractivity contribution is 7.07. The van der Waals surface area contributed by atoms with Gasteiger partial charge in [-0.2, -0.15) is 11.3 Å². The highest BCUT2D eigenvalue weighted by Gasteiger charge is 2.19. The lowest BCUT2D eigenvalue weighted by Gasteiger charge is -2.26. The highest BCUT2D eigenvalue weighted by atomic mass is 32.1. The lowest BCUT2D eigenvalue weighted by atomic mass is 9.98. The van der Waals surface area contributed by atoms with E-state index in [4.69, 9.17) is 4.74 Å². The van der Waals surface area contributed by atoms with Gasteiger partial charge in [-0.15, -0.1) is 0 Å². The fourth-order valence-corrected chi connectivity index (χ4v) is 2.86. The Hall–Kier alpha value is -0.380. The molecule has 2 nitrogen and oxygen atoms in total. The van der Waals surface area contributed by atoms with E-state index in [0.717, 1.165) is 13.0 Å². The molecule has 0 saturated carbocycles. The van der Waals surface area contributed by atoms with Gasteiger partial charge in [0, 0.05) is 12.6 Å². The molecule has 1 aromatic heterocycles. The number of hydrogen-bond acceptors (Lipinski definition) is 3. The first-order valence-electron chi connectivity index (χ1n) is 5.71. The quantitative estimate of drug-likeness (QED) is 0.850. The van der Waals surface area contributed by atoms with E-state index in [0.29, 0.717) is 12.1 Å². The average molecular weight is 225 g/mol. The average Bonchev–Trinajstić information content (AvgIpc) is 2.81. The summed E-state index contributed by atoms with van der Waals surface area (Å²) in [6.45, 7) is 0.949. The molecule has 2 atom stereocenters. The van der Waals surface area contributed by atoms with Crippen LogP contribution in [-0.4, -0.2) is 19.8 Å². The smallest absolute Gasteiger partial charge is 0.0593 e. The SMILES string of the molecule is CNC(CC1CCCCO1)c1ccsc1. The molecule has 15 heavy (non-hydrogen) atoms. The van der Waals surface area contributed by atoms with E-state index < -0.39 is 0 Å². The molecule has 1 aliphatic heterocycles. The Kier molecular flexibility index (Phi) is 4.18. The maximum atomic E-state index is 5.77. The van der Waals surface area contributed by atoms with E-state index >= 15 is 0 Å². The summed E-state index contributed by atoms with van der Waals surface area (Å²) < 4.78 is 5.77. The molecule has 2 rings (SSSR count). The van der Waals surface area contributed by atoms with Gasteiger partial charge in [0.2, 0.25) is 0 Å². The lowest BCUT2D eigenvalue weighted by Crippen LogP contribution is -2.26. The van der Waals surface area contributed by atoms with E-state index in [1.54, 1.807) is 11.3 Å². The number of rotatable bonds is 4. The molecule has 0 radical (unpaired) electrons. The highest BCUT2D eigenvalue weighted by Crippen LogP contribution is 2.25. The van der Waals surface area contributed by atoms with Gasteiger partial charge in [0.1, 0.15) is 0 Å². The summed E-state index contributed by atoms with van der Waals surface area (Å²) in [6.07, 6.45) is 5.34. The molecular weight excluding hydrogens is 206 g/mol. The zero-order valence-corrected chi connectivity index (χ0v) is 10.1. The number of ether oxygens (including phenoxy) is 1. The fraction of sp³-hybridized carbons (Fsp3) is 0.667. The van der Waals surface area contributed by atoms with Crippen molar-refractivity contribution in [2.24, 2.45) is 0 Å². The zero-order valence-electron chi connectivity index (χ0n) is 9.24. The topological polar surface area (TPSA) is 21.3 Å². The number of thiophene rings is 1.